The lowest BCUT2D eigenvalue weighted by atomic mass is 10.3. The monoisotopic (exact) mass is 402 g/mol. The fraction of sp³-hybridized carbons (Fsp3) is 0.111. The lowest BCUT2D eigenvalue weighted by Gasteiger charge is -2.08. The summed E-state index contributed by atoms with van der Waals surface area (Å²) in [5.41, 5.74) is 1.86. The summed E-state index contributed by atoms with van der Waals surface area (Å²) in [7, 11) is 0. The zero-order chi connectivity index (χ0) is 19.4. The average molecular weight is 403 g/mol. The van der Waals surface area contributed by atoms with Crippen LogP contribution in [0.4, 0.5) is 11.4 Å². The first-order valence-electron chi connectivity index (χ1n) is 7.92. The molecule has 2 aromatic carbocycles. The van der Waals surface area contributed by atoms with Gasteiger partial charge in [-0.1, -0.05) is 41.6 Å². The number of para-hydroxylation sites is 2. The molecule has 27 heavy (non-hydrogen) atoms. The second kappa shape index (κ2) is 8.24. The second-order valence-electron chi connectivity index (χ2n) is 5.54. The molecule has 3 aromatic rings. The molecule has 0 aliphatic rings. The van der Waals surface area contributed by atoms with E-state index < -0.39 is 4.92 Å². The molecule has 0 saturated carbocycles. The van der Waals surface area contributed by atoms with Gasteiger partial charge < -0.3 is 9.88 Å². The quantitative estimate of drug-likeness (QED) is 0.271. The second-order valence-corrected chi connectivity index (χ2v) is 6.89. The number of rotatable bonds is 7. The van der Waals surface area contributed by atoms with E-state index in [1.807, 2.05) is 28.8 Å². The highest BCUT2D eigenvalue weighted by Crippen LogP contribution is 2.28. The lowest BCUT2D eigenvalue weighted by molar-refractivity contribution is -0.384. The maximum absolute atomic E-state index is 12.3. The maximum atomic E-state index is 12.3. The molecule has 0 unspecified atom stereocenters. The molecule has 1 aromatic heterocycles. The van der Waals surface area contributed by atoms with Gasteiger partial charge >= 0.3 is 0 Å². The molecule has 0 aliphatic heterocycles. The average Bonchev–Trinajstić information content (AvgIpc) is 3.00. The van der Waals surface area contributed by atoms with Crippen LogP contribution in [-0.4, -0.2) is 26.1 Å². The van der Waals surface area contributed by atoms with Crippen LogP contribution in [0.2, 0.25) is 5.02 Å². The third-order valence-corrected chi connectivity index (χ3v) is 5.00. The number of amides is 1. The molecule has 0 atom stereocenters. The molecule has 1 N–H and O–H groups in total. The van der Waals surface area contributed by atoms with Gasteiger partial charge in [0, 0.05) is 18.7 Å². The maximum Gasteiger partial charge on any atom is 0.271 e. The van der Waals surface area contributed by atoms with Gasteiger partial charge in [0.15, 0.2) is 5.16 Å². The standard InChI is InChI=1S/C18H15ClN4O3S/c1-2-9-22-16-6-4-3-5-14(16)21-18(22)27-11-17(24)20-15-10-12(23(25)26)7-8-13(15)19/h2-8,10H,1,9,11H2,(H,20,24). The Labute approximate surface area is 164 Å². The first-order chi connectivity index (χ1) is 13.0. The Morgan fingerprint density at radius 2 is 2.15 bits per heavy atom. The zero-order valence-electron chi connectivity index (χ0n) is 14.1. The van der Waals surface area contributed by atoms with Crippen molar-refractivity contribution in [1.82, 2.24) is 9.55 Å². The summed E-state index contributed by atoms with van der Waals surface area (Å²) in [5, 5.41) is 14.4. The van der Waals surface area contributed by atoms with Crippen LogP contribution >= 0.6 is 23.4 Å². The third-order valence-electron chi connectivity index (χ3n) is 3.70. The third kappa shape index (κ3) is 4.29. The van der Waals surface area contributed by atoms with E-state index in [1.165, 1.54) is 30.0 Å². The molecule has 1 heterocycles. The van der Waals surface area contributed by atoms with Crippen molar-refractivity contribution >= 4 is 51.7 Å². The van der Waals surface area contributed by atoms with E-state index in [1.54, 1.807) is 6.08 Å². The minimum absolute atomic E-state index is 0.0828. The van der Waals surface area contributed by atoms with Crippen LogP contribution in [0.3, 0.4) is 0 Å². The predicted molar refractivity (Wildman–Crippen MR) is 107 cm³/mol. The molecule has 3 rings (SSSR count). The van der Waals surface area contributed by atoms with Crippen LogP contribution in [0, 0.1) is 10.1 Å². The number of aromatic nitrogens is 2. The molecule has 0 fully saturated rings. The molecule has 9 heteroatoms. The normalized spacial score (nSPS) is 10.7. The van der Waals surface area contributed by atoms with Crippen molar-refractivity contribution in [3.63, 3.8) is 0 Å². The number of thioether (sulfide) groups is 1. The van der Waals surface area contributed by atoms with Gasteiger partial charge in [-0.25, -0.2) is 4.98 Å². The first kappa shape index (κ1) is 18.9. The van der Waals surface area contributed by atoms with E-state index in [0.29, 0.717) is 11.7 Å². The van der Waals surface area contributed by atoms with Gasteiger partial charge in [-0.05, 0) is 18.2 Å². The molecule has 0 bridgehead atoms. The minimum atomic E-state index is -0.543. The van der Waals surface area contributed by atoms with Crippen molar-refractivity contribution in [2.45, 2.75) is 11.7 Å². The van der Waals surface area contributed by atoms with Gasteiger partial charge in [0.1, 0.15) is 0 Å². The fourth-order valence-corrected chi connectivity index (χ4v) is 3.50. The molecule has 138 valence electrons. The Morgan fingerprint density at radius 3 is 2.89 bits per heavy atom. The molecule has 0 aliphatic carbocycles. The van der Waals surface area contributed by atoms with Crippen LogP contribution in [0.5, 0.6) is 0 Å². The van der Waals surface area contributed by atoms with E-state index in [0.717, 1.165) is 11.0 Å². The summed E-state index contributed by atoms with van der Waals surface area (Å²) >= 11 is 7.28. The number of fused-ring (bicyclic) bond motifs is 1. The Balaban J connectivity index is 1.74. The summed E-state index contributed by atoms with van der Waals surface area (Å²) in [6.45, 7) is 4.33. The number of hydrogen-bond acceptors (Lipinski definition) is 5. The summed E-state index contributed by atoms with van der Waals surface area (Å²) in [4.78, 5) is 27.2. The Bertz CT molecular complexity index is 1030. The molecule has 7 nitrogen and oxygen atoms in total. The number of nitro benzene ring substituents is 1. The zero-order valence-corrected chi connectivity index (χ0v) is 15.7. The predicted octanol–water partition coefficient (Wildman–Crippen LogP) is 4.51. The van der Waals surface area contributed by atoms with E-state index in [-0.39, 0.29) is 28.1 Å². The van der Waals surface area contributed by atoms with Gasteiger partial charge in [0.05, 0.1) is 32.4 Å². The number of non-ortho nitro benzene ring substituents is 1. The highest BCUT2D eigenvalue weighted by molar-refractivity contribution is 7.99. The summed E-state index contributed by atoms with van der Waals surface area (Å²) in [6, 6.07) is 11.6. The number of benzene rings is 2. The highest BCUT2D eigenvalue weighted by Gasteiger charge is 2.15. The van der Waals surface area contributed by atoms with Gasteiger partial charge in [-0.3, -0.25) is 14.9 Å². The van der Waals surface area contributed by atoms with E-state index >= 15 is 0 Å². The fourth-order valence-electron chi connectivity index (χ4n) is 2.51. The summed E-state index contributed by atoms with van der Waals surface area (Å²) < 4.78 is 1.97. The SMILES string of the molecule is C=CCn1c(SCC(=O)Nc2cc([N+](=O)[O-])ccc2Cl)nc2ccccc21. The van der Waals surface area contributed by atoms with Crippen molar-refractivity contribution in [2.75, 3.05) is 11.1 Å². The van der Waals surface area contributed by atoms with Crippen molar-refractivity contribution in [3.05, 3.63) is 70.3 Å². The smallest absolute Gasteiger partial charge is 0.271 e. The van der Waals surface area contributed by atoms with Crippen LogP contribution in [-0.2, 0) is 11.3 Å². The van der Waals surface area contributed by atoms with Gasteiger partial charge in [0.25, 0.3) is 5.69 Å². The number of nitrogens with one attached hydrogen (secondary N) is 1. The van der Waals surface area contributed by atoms with Crippen LogP contribution in [0.15, 0.2) is 60.3 Å². The molecule has 1 amide bonds. The Kier molecular flexibility index (Phi) is 5.78. The number of hydrogen-bond donors (Lipinski definition) is 1. The minimum Gasteiger partial charge on any atom is -0.324 e. The topological polar surface area (TPSA) is 90.1 Å². The molecular weight excluding hydrogens is 388 g/mol. The molecule has 0 spiro atoms. The summed E-state index contributed by atoms with van der Waals surface area (Å²) in [5.74, 6) is -0.251. The number of anilines is 1. The number of imidazole rings is 1. The van der Waals surface area contributed by atoms with Crippen molar-refractivity contribution in [1.29, 1.82) is 0 Å². The van der Waals surface area contributed by atoms with Crippen molar-refractivity contribution in [2.24, 2.45) is 0 Å². The molecule has 0 saturated heterocycles. The van der Waals surface area contributed by atoms with Crippen molar-refractivity contribution < 1.29 is 9.72 Å². The molecule has 0 radical (unpaired) electrons. The van der Waals surface area contributed by atoms with E-state index in [4.69, 9.17) is 11.6 Å². The van der Waals surface area contributed by atoms with E-state index in [2.05, 4.69) is 16.9 Å². The number of allylic oxidation sites excluding steroid dienone is 1. The Hall–Kier alpha value is -2.84. The lowest BCUT2D eigenvalue weighted by Crippen LogP contribution is -2.15. The molecular formula is C18H15ClN4O3S. The number of nitrogens with zero attached hydrogens (tertiary/aromatic N) is 3. The number of carbonyl (C=O) groups is 1. The summed E-state index contributed by atoms with van der Waals surface area (Å²) in [6.07, 6.45) is 1.77. The number of carbonyl (C=O) groups excluding carboxylic acids is 1. The number of halogens is 1. The van der Waals surface area contributed by atoms with Gasteiger partial charge in [-0.15, -0.1) is 6.58 Å². The van der Waals surface area contributed by atoms with Gasteiger partial charge in [-0.2, -0.15) is 0 Å². The van der Waals surface area contributed by atoms with E-state index in [9.17, 15) is 14.9 Å². The Morgan fingerprint density at radius 1 is 1.37 bits per heavy atom. The van der Waals surface area contributed by atoms with Crippen LogP contribution in [0.25, 0.3) is 11.0 Å². The largest absolute Gasteiger partial charge is 0.324 e. The van der Waals surface area contributed by atoms with Gasteiger partial charge in [0.2, 0.25) is 5.91 Å². The van der Waals surface area contributed by atoms with Crippen molar-refractivity contribution in [3.8, 4) is 0 Å². The first-order valence-corrected chi connectivity index (χ1v) is 9.28. The van der Waals surface area contributed by atoms with Crippen LogP contribution in [0.1, 0.15) is 0 Å². The van der Waals surface area contributed by atoms with Crippen LogP contribution < -0.4 is 5.32 Å². The number of nitro groups is 1. The highest BCUT2D eigenvalue weighted by atomic mass is 35.5.